The van der Waals surface area contributed by atoms with Gasteiger partial charge in [0, 0.05) is 18.1 Å². The molecule has 0 saturated heterocycles. The van der Waals surface area contributed by atoms with E-state index in [4.69, 9.17) is 11.6 Å². The van der Waals surface area contributed by atoms with Crippen molar-refractivity contribution in [2.45, 2.75) is 83.8 Å². The molecular weight excluding hydrogens is 390 g/mol. The number of unbranched alkanes of at least 4 members (excludes halogenated alkanes) is 9. The fourth-order valence-electron chi connectivity index (χ4n) is 3.93. The summed E-state index contributed by atoms with van der Waals surface area (Å²) in [7, 11) is 0. The van der Waals surface area contributed by atoms with Gasteiger partial charge >= 0.3 is 0 Å². The van der Waals surface area contributed by atoms with Crippen LogP contribution in [0.25, 0.3) is 0 Å². The third-order valence-corrected chi connectivity index (χ3v) is 6.01. The van der Waals surface area contributed by atoms with Gasteiger partial charge < -0.3 is 5.11 Å². The van der Waals surface area contributed by atoms with Crippen LogP contribution in [-0.4, -0.2) is 23.1 Å². The standard InChI is InChI=1S/C27H40ClNO/c1-2-3-4-5-6-7-8-9-10-14-21-29(22-24-15-12-11-13-16-24)23-27(30)25-17-19-26(28)20-18-25/h11-13,15-20,27,30H,2-10,14,21-23H2,1H3. The minimum atomic E-state index is -0.492. The van der Waals surface area contributed by atoms with Crippen LogP contribution in [-0.2, 0) is 6.54 Å². The van der Waals surface area contributed by atoms with Crippen molar-refractivity contribution in [1.82, 2.24) is 4.90 Å². The summed E-state index contributed by atoms with van der Waals surface area (Å²) in [6.07, 6.45) is 13.0. The summed E-state index contributed by atoms with van der Waals surface area (Å²) in [5, 5.41) is 11.4. The zero-order valence-corrected chi connectivity index (χ0v) is 19.5. The third kappa shape index (κ3) is 10.6. The van der Waals surface area contributed by atoms with Gasteiger partial charge in [-0.05, 0) is 36.2 Å². The largest absolute Gasteiger partial charge is 0.387 e. The Bertz CT molecular complexity index is 658. The molecule has 0 spiro atoms. The lowest BCUT2D eigenvalue weighted by Gasteiger charge is -2.25. The molecule has 0 saturated carbocycles. The fraction of sp³-hybridized carbons (Fsp3) is 0.556. The molecule has 2 nitrogen and oxygen atoms in total. The van der Waals surface area contributed by atoms with Crippen molar-refractivity contribution in [2.24, 2.45) is 0 Å². The highest BCUT2D eigenvalue weighted by Crippen LogP contribution is 2.19. The van der Waals surface area contributed by atoms with E-state index in [9.17, 15) is 5.11 Å². The first-order valence-corrected chi connectivity index (χ1v) is 12.3. The van der Waals surface area contributed by atoms with E-state index < -0.39 is 6.10 Å². The van der Waals surface area contributed by atoms with Crippen LogP contribution < -0.4 is 0 Å². The van der Waals surface area contributed by atoms with Crippen LogP contribution in [0.5, 0.6) is 0 Å². The van der Waals surface area contributed by atoms with Gasteiger partial charge in [-0.2, -0.15) is 0 Å². The van der Waals surface area contributed by atoms with Gasteiger partial charge in [-0.1, -0.05) is 119 Å². The first kappa shape index (κ1) is 24.9. The van der Waals surface area contributed by atoms with Crippen LogP contribution in [0.1, 0.15) is 88.4 Å². The zero-order valence-electron chi connectivity index (χ0n) is 18.7. The fourth-order valence-corrected chi connectivity index (χ4v) is 4.06. The molecule has 0 amide bonds. The maximum Gasteiger partial charge on any atom is 0.0917 e. The van der Waals surface area contributed by atoms with E-state index in [1.54, 1.807) is 0 Å². The maximum absolute atomic E-state index is 10.7. The normalized spacial score (nSPS) is 12.4. The van der Waals surface area contributed by atoms with Crippen LogP contribution >= 0.6 is 11.6 Å². The average Bonchev–Trinajstić information content (AvgIpc) is 2.76. The van der Waals surface area contributed by atoms with Gasteiger partial charge in [-0.3, -0.25) is 4.90 Å². The lowest BCUT2D eigenvalue weighted by molar-refractivity contribution is 0.108. The average molecular weight is 430 g/mol. The molecule has 0 aliphatic rings. The van der Waals surface area contributed by atoms with Crippen molar-refractivity contribution in [3.8, 4) is 0 Å². The lowest BCUT2D eigenvalue weighted by Crippen LogP contribution is -2.29. The molecule has 0 radical (unpaired) electrons. The van der Waals surface area contributed by atoms with Crippen molar-refractivity contribution in [2.75, 3.05) is 13.1 Å². The van der Waals surface area contributed by atoms with Gasteiger partial charge in [0.15, 0.2) is 0 Å². The molecule has 0 aromatic heterocycles. The first-order valence-electron chi connectivity index (χ1n) is 11.9. The molecular formula is C27H40ClNO. The van der Waals surface area contributed by atoms with E-state index in [2.05, 4.69) is 42.2 Å². The summed E-state index contributed by atoms with van der Waals surface area (Å²) in [6.45, 7) is 4.82. The molecule has 2 aromatic carbocycles. The molecule has 1 atom stereocenters. The SMILES string of the molecule is CCCCCCCCCCCCN(Cc1ccccc1)CC(O)c1ccc(Cl)cc1. The Morgan fingerprint density at radius 1 is 0.767 bits per heavy atom. The number of hydrogen-bond acceptors (Lipinski definition) is 2. The number of rotatable bonds is 16. The summed E-state index contributed by atoms with van der Waals surface area (Å²) in [6, 6.07) is 18.1. The van der Waals surface area contributed by atoms with Crippen molar-refractivity contribution >= 4 is 11.6 Å². The number of nitrogens with zero attached hydrogens (tertiary/aromatic N) is 1. The van der Waals surface area contributed by atoms with Crippen LogP contribution in [0, 0.1) is 0 Å². The molecule has 1 unspecified atom stereocenters. The van der Waals surface area contributed by atoms with Crippen LogP contribution in [0.15, 0.2) is 54.6 Å². The molecule has 2 aromatic rings. The number of benzene rings is 2. The van der Waals surface area contributed by atoms with E-state index in [-0.39, 0.29) is 0 Å². The highest BCUT2D eigenvalue weighted by Gasteiger charge is 2.14. The second-order valence-corrected chi connectivity index (χ2v) is 8.91. The Morgan fingerprint density at radius 2 is 1.33 bits per heavy atom. The highest BCUT2D eigenvalue weighted by molar-refractivity contribution is 6.30. The van der Waals surface area contributed by atoms with Gasteiger partial charge in [-0.25, -0.2) is 0 Å². The quantitative estimate of drug-likeness (QED) is 0.275. The Hall–Kier alpha value is -1.35. The molecule has 30 heavy (non-hydrogen) atoms. The minimum Gasteiger partial charge on any atom is -0.387 e. The molecule has 3 heteroatoms. The first-order chi connectivity index (χ1) is 14.7. The Balaban J connectivity index is 1.74. The Morgan fingerprint density at radius 3 is 1.93 bits per heavy atom. The van der Waals surface area contributed by atoms with Crippen LogP contribution in [0.3, 0.4) is 0 Å². The summed E-state index contributed by atoms with van der Waals surface area (Å²) in [5.74, 6) is 0. The smallest absolute Gasteiger partial charge is 0.0917 e. The van der Waals surface area contributed by atoms with Crippen molar-refractivity contribution in [1.29, 1.82) is 0 Å². The predicted octanol–water partition coefficient (Wildman–Crippen LogP) is 7.80. The summed E-state index contributed by atoms with van der Waals surface area (Å²) < 4.78 is 0. The number of halogens is 1. The van der Waals surface area contributed by atoms with E-state index in [0.29, 0.717) is 11.6 Å². The maximum atomic E-state index is 10.7. The number of aliphatic hydroxyl groups excluding tert-OH is 1. The molecule has 2 rings (SSSR count). The third-order valence-electron chi connectivity index (χ3n) is 5.76. The topological polar surface area (TPSA) is 23.5 Å². The molecule has 1 N–H and O–H groups in total. The van der Waals surface area contributed by atoms with Gasteiger partial charge in [0.05, 0.1) is 6.10 Å². The lowest BCUT2D eigenvalue weighted by atomic mass is 10.1. The van der Waals surface area contributed by atoms with Crippen molar-refractivity contribution in [3.05, 3.63) is 70.7 Å². The second kappa shape index (κ2) is 15.5. The number of aliphatic hydroxyl groups is 1. The van der Waals surface area contributed by atoms with E-state index in [1.165, 1.54) is 69.8 Å². The van der Waals surface area contributed by atoms with Crippen LogP contribution in [0.2, 0.25) is 5.02 Å². The van der Waals surface area contributed by atoms with Crippen LogP contribution in [0.4, 0.5) is 0 Å². The van der Waals surface area contributed by atoms with E-state index >= 15 is 0 Å². The second-order valence-electron chi connectivity index (χ2n) is 8.47. The molecule has 0 heterocycles. The van der Waals surface area contributed by atoms with Crippen molar-refractivity contribution in [3.63, 3.8) is 0 Å². The predicted molar refractivity (Wildman–Crippen MR) is 130 cm³/mol. The molecule has 166 valence electrons. The van der Waals surface area contributed by atoms with E-state index in [0.717, 1.165) is 18.7 Å². The molecule has 0 fully saturated rings. The summed E-state index contributed by atoms with van der Waals surface area (Å²) in [5.41, 5.74) is 2.23. The van der Waals surface area contributed by atoms with E-state index in [1.807, 2.05) is 24.3 Å². The molecule has 0 aliphatic carbocycles. The van der Waals surface area contributed by atoms with Gasteiger partial charge in [0.25, 0.3) is 0 Å². The van der Waals surface area contributed by atoms with Gasteiger partial charge in [0.2, 0.25) is 0 Å². The van der Waals surface area contributed by atoms with Crippen molar-refractivity contribution < 1.29 is 5.11 Å². The monoisotopic (exact) mass is 429 g/mol. The zero-order chi connectivity index (χ0) is 21.4. The number of hydrogen-bond donors (Lipinski definition) is 1. The minimum absolute atomic E-state index is 0.492. The highest BCUT2D eigenvalue weighted by atomic mass is 35.5. The molecule has 0 aliphatic heterocycles. The van der Waals surface area contributed by atoms with Gasteiger partial charge in [0.1, 0.15) is 0 Å². The Labute approximate surface area is 189 Å². The van der Waals surface area contributed by atoms with Gasteiger partial charge in [-0.15, -0.1) is 0 Å². The Kier molecular flexibility index (Phi) is 12.8. The summed E-state index contributed by atoms with van der Waals surface area (Å²) in [4.78, 5) is 2.39. The summed E-state index contributed by atoms with van der Waals surface area (Å²) >= 11 is 5.99. The molecule has 0 bridgehead atoms.